The van der Waals surface area contributed by atoms with E-state index in [1.54, 1.807) is 0 Å². The Balaban J connectivity index is 2.20. The Morgan fingerprint density at radius 1 is 1.30 bits per heavy atom. The van der Waals surface area contributed by atoms with Crippen molar-refractivity contribution in [2.75, 3.05) is 0 Å². The van der Waals surface area contributed by atoms with E-state index in [1.165, 1.54) is 12.3 Å². The number of hydrogen-bond donors (Lipinski definition) is 1. The Morgan fingerprint density at radius 3 is 2.65 bits per heavy atom. The van der Waals surface area contributed by atoms with Gasteiger partial charge in [-0.15, -0.1) is 0 Å². The Labute approximate surface area is 112 Å². The van der Waals surface area contributed by atoms with Crippen LogP contribution < -0.4 is 4.72 Å². The van der Waals surface area contributed by atoms with Crippen molar-refractivity contribution >= 4 is 32.8 Å². The van der Waals surface area contributed by atoms with E-state index >= 15 is 0 Å². The molecule has 5 nitrogen and oxygen atoms in total. The maximum atomic E-state index is 12.7. The van der Waals surface area contributed by atoms with Crippen molar-refractivity contribution < 1.29 is 22.2 Å². The van der Waals surface area contributed by atoms with Gasteiger partial charge in [-0.25, -0.2) is 8.89 Å². The third-order valence-corrected chi connectivity index (χ3v) is 3.80. The Hall–Kier alpha value is -2.16. The molecule has 2 aromatic rings. The number of halogens is 3. The molecule has 1 aliphatic rings. The maximum absolute atomic E-state index is 12.7. The number of nitrogens with one attached hydrogen (secondary N) is 1. The fraction of sp³-hybridized carbons (Fsp3) is 0.0909. The third kappa shape index (κ3) is 1.99. The summed E-state index contributed by atoms with van der Waals surface area (Å²) in [6.45, 7) is 0. The van der Waals surface area contributed by atoms with Gasteiger partial charge in [0.15, 0.2) is 16.0 Å². The predicted molar refractivity (Wildman–Crippen MR) is 65.3 cm³/mol. The highest BCUT2D eigenvalue weighted by atomic mass is 32.2. The average Bonchev–Trinajstić information content (AvgIpc) is 2.90. The number of aromatic nitrogens is 2. The van der Waals surface area contributed by atoms with Crippen LogP contribution in [0.3, 0.4) is 0 Å². The largest absolute Gasteiger partial charge is 0.416 e. The minimum Gasteiger partial charge on any atom is -0.269 e. The SMILES string of the molecule is O=C1C=C(n2ncc3ccc(C(F)(F)F)cc32)S(=O)N1. The standard InChI is InChI=1S/C11H6F3N3O2S/c12-11(13,14)7-2-1-6-5-15-17(8(6)3-7)10-4-9(18)16-20(10)19/h1-5H,(H,16,18). The molecule has 1 aliphatic heterocycles. The van der Waals surface area contributed by atoms with Gasteiger partial charge in [0.1, 0.15) is 0 Å². The Bertz CT molecular complexity index is 779. The molecule has 1 N–H and O–H groups in total. The van der Waals surface area contributed by atoms with Gasteiger partial charge < -0.3 is 0 Å². The molecule has 0 spiro atoms. The molecule has 3 rings (SSSR count). The molecule has 1 amide bonds. The summed E-state index contributed by atoms with van der Waals surface area (Å²) in [5.74, 6) is -0.575. The predicted octanol–water partition coefficient (Wildman–Crippen LogP) is 1.65. The number of nitrogens with zero attached hydrogens (tertiary/aromatic N) is 2. The lowest BCUT2D eigenvalue weighted by Crippen LogP contribution is -2.17. The van der Waals surface area contributed by atoms with Crippen molar-refractivity contribution in [3.63, 3.8) is 0 Å². The molecule has 0 radical (unpaired) electrons. The number of amides is 1. The van der Waals surface area contributed by atoms with Crippen molar-refractivity contribution in [1.82, 2.24) is 14.5 Å². The molecule has 1 aromatic heterocycles. The maximum Gasteiger partial charge on any atom is 0.416 e. The average molecular weight is 301 g/mol. The quantitative estimate of drug-likeness (QED) is 0.871. The van der Waals surface area contributed by atoms with E-state index in [9.17, 15) is 22.2 Å². The van der Waals surface area contributed by atoms with Crippen LogP contribution in [-0.4, -0.2) is 19.9 Å². The molecule has 0 fully saturated rings. The second-order valence-corrected chi connectivity index (χ2v) is 5.21. The number of alkyl halides is 3. The third-order valence-electron chi connectivity index (χ3n) is 2.74. The molecular formula is C11H6F3N3O2S. The van der Waals surface area contributed by atoms with E-state index in [1.807, 2.05) is 0 Å². The molecule has 1 unspecified atom stereocenters. The van der Waals surface area contributed by atoms with Crippen LogP contribution in [0.15, 0.2) is 30.5 Å². The van der Waals surface area contributed by atoms with Gasteiger partial charge in [0.05, 0.1) is 17.3 Å². The zero-order valence-electron chi connectivity index (χ0n) is 9.64. The van der Waals surface area contributed by atoms with E-state index in [0.717, 1.165) is 22.9 Å². The molecule has 1 aromatic carbocycles. The molecule has 9 heteroatoms. The summed E-state index contributed by atoms with van der Waals surface area (Å²) in [6.07, 6.45) is -2.10. The number of rotatable bonds is 1. The summed E-state index contributed by atoms with van der Waals surface area (Å²) in [5, 5.41) is 4.34. The van der Waals surface area contributed by atoms with Gasteiger partial charge in [0, 0.05) is 11.5 Å². The van der Waals surface area contributed by atoms with Crippen molar-refractivity contribution in [1.29, 1.82) is 0 Å². The van der Waals surface area contributed by atoms with Crippen LogP contribution in [0.1, 0.15) is 5.56 Å². The Kier molecular flexibility index (Phi) is 2.68. The zero-order valence-corrected chi connectivity index (χ0v) is 10.5. The van der Waals surface area contributed by atoms with E-state index in [2.05, 4.69) is 9.82 Å². The lowest BCUT2D eigenvalue weighted by Gasteiger charge is -2.07. The minimum absolute atomic E-state index is 0.00400. The molecule has 0 saturated carbocycles. The van der Waals surface area contributed by atoms with Crippen LogP contribution in [0.5, 0.6) is 0 Å². The zero-order chi connectivity index (χ0) is 14.5. The topological polar surface area (TPSA) is 64.0 Å². The van der Waals surface area contributed by atoms with Gasteiger partial charge in [-0.3, -0.25) is 9.52 Å². The van der Waals surface area contributed by atoms with Crippen molar-refractivity contribution in [3.05, 3.63) is 36.0 Å². The highest BCUT2D eigenvalue weighted by molar-refractivity contribution is 7.93. The lowest BCUT2D eigenvalue weighted by molar-refractivity contribution is -0.137. The van der Waals surface area contributed by atoms with Gasteiger partial charge >= 0.3 is 6.18 Å². The summed E-state index contributed by atoms with van der Waals surface area (Å²) >= 11 is 0. The fourth-order valence-corrected chi connectivity index (χ4v) is 2.71. The van der Waals surface area contributed by atoms with Crippen LogP contribution >= 0.6 is 0 Å². The number of fused-ring (bicyclic) bond motifs is 1. The number of carbonyl (C=O) groups excluding carboxylic acids is 1. The van der Waals surface area contributed by atoms with E-state index in [0.29, 0.717) is 5.39 Å². The highest BCUT2D eigenvalue weighted by Gasteiger charge is 2.31. The van der Waals surface area contributed by atoms with Crippen molar-refractivity contribution in [2.45, 2.75) is 6.18 Å². The van der Waals surface area contributed by atoms with Crippen molar-refractivity contribution in [3.8, 4) is 0 Å². The molecule has 20 heavy (non-hydrogen) atoms. The van der Waals surface area contributed by atoms with Gasteiger partial charge in [-0.2, -0.15) is 18.3 Å². The van der Waals surface area contributed by atoms with Crippen LogP contribution in [0, 0.1) is 0 Å². The summed E-state index contributed by atoms with van der Waals surface area (Å²) in [7, 11) is -1.82. The van der Waals surface area contributed by atoms with E-state index in [-0.39, 0.29) is 10.5 Å². The number of carbonyl (C=O) groups is 1. The van der Waals surface area contributed by atoms with Gasteiger partial charge in [-0.1, -0.05) is 6.07 Å². The molecular weight excluding hydrogens is 295 g/mol. The molecule has 0 bridgehead atoms. The summed E-state index contributed by atoms with van der Waals surface area (Å²) in [5.41, 5.74) is -0.702. The van der Waals surface area contributed by atoms with E-state index in [4.69, 9.17) is 0 Å². The second-order valence-electron chi connectivity index (χ2n) is 4.05. The summed E-state index contributed by atoms with van der Waals surface area (Å²) in [6, 6.07) is 3.12. The van der Waals surface area contributed by atoms with Gasteiger partial charge in [0.25, 0.3) is 5.91 Å². The Morgan fingerprint density at radius 2 is 2.05 bits per heavy atom. The molecule has 0 saturated heterocycles. The first-order chi connectivity index (χ1) is 9.36. The van der Waals surface area contributed by atoms with Crippen LogP contribution in [0.4, 0.5) is 13.2 Å². The lowest BCUT2D eigenvalue weighted by atomic mass is 10.1. The fourth-order valence-electron chi connectivity index (χ4n) is 1.85. The van der Waals surface area contributed by atoms with Crippen molar-refractivity contribution in [2.24, 2.45) is 0 Å². The smallest absolute Gasteiger partial charge is 0.269 e. The van der Waals surface area contributed by atoms with Crippen LogP contribution in [-0.2, 0) is 22.0 Å². The number of benzene rings is 1. The first-order valence-corrected chi connectivity index (χ1v) is 6.51. The molecule has 1 atom stereocenters. The first kappa shape index (κ1) is 12.9. The van der Waals surface area contributed by atoms with Gasteiger partial charge in [0.2, 0.25) is 0 Å². The normalized spacial score (nSPS) is 19.2. The number of hydrogen-bond acceptors (Lipinski definition) is 3. The molecule has 0 aliphatic carbocycles. The first-order valence-electron chi connectivity index (χ1n) is 5.36. The highest BCUT2D eigenvalue weighted by Crippen LogP contribution is 2.32. The molecule has 104 valence electrons. The summed E-state index contributed by atoms with van der Waals surface area (Å²) in [4.78, 5) is 11.1. The monoisotopic (exact) mass is 301 g/mol. The minimum atomic E-state index is -4.49. The molecule has 2 heterocycles. The van der Waals surface area contributed by atoms with Crippen LogP contribution in [0.25, 0.3) is 15.9 Å². The second kappa shape index (κ2) is 4.17. The van der Waals surface area contributed by atoms with E-state index < -0.39 is 28.6 Å². The van der Waals surface area contributed by atoms with Crippen LogP contribution in [0.2, 0.25) is 0 Å². The van der Waals surface area contributed by atoms with Gasteiger partial charge in [-0.05, 0) is 12.1 Å². The summed E-state index contributed by atoms with van der Waals surface area (Å²) < 4.78 is 52.9.